The maximum absolute atomic E-state index is 12.5. The van der Waals surface area contributed by atoms with Gasteiger partial charge in [-0.2, -0.15) is 18.2 Å². The number of alkyl halides is 3. The van der Waals surface area contributed by atoms with Gasteiger partial charge in [-0.15, -0.1) is 0 Å². The molecule has 0 aliphatic carbocycles. The molecule has 0 saturated carbocycles. The number of nitrogens with zero attached hydrogens (tertiary/aromatic N) is 3. The van der Waals surface area contributed by atoms with Gasteiger partial charge in [0.1, 0.15) is 12.4 Å². The maximum atomic E-state index is 12.5. The molecule has 10 heteroatoms. The zero-order valence-corrected chi connectivity index (χ0v) is 15.6. The zero-order chi connectivity index (χ0) is 21.1. The second-order valence-corrected chi connectivity index (χ2v) is 6.56. The Kier molecular flexibility index (Phi) is 5.30. The number of rotatable bonds is 5. The Bertz CT molecular complexity index is 1030. The lowest BCUT2D eigenvalue weighted by Crippen LogP contribution is -2.40. The van der Waals surface area contributed by atoms with Gasteiger partial charge in [-0.3, -0.25) is 4.90 Å². The van der Waals surface area contributed by atoms with E-state index in [-0.39, 0.29) is 18.5 Å². The first-order valence-corrected chi connectivity index (χ1v) is 9.19. The van der Waals surface area contributed by atoms with Crippen LogP contribution in [0.2, 0.25) is 0 Å². The van der Waals surface area contributed by atoms with Crippen LogP contribution in [0.5, 0.6) is 5.75 Å². The number of benzene rings is 2. The third-order valence-electron chi connectivity index (χ3n) is 4.56. The van der Waals surface area contributed by atoms with Gasteiger partial charge in [0.15, 0.2) is 0 Å². The minimum Gasteiger partial charge on any atom is -0.492 e. The van der Waals surface area contributed by atoms with Crippen molar-refractivity contribution in [3.05, 3.63) is 60.0 Å². The SMILES string of the molecule is O=C(NCCOc1ccc(-c2noc(C(F)(F)F)n2)cc1)N1CCc2ccccc21. The van der Waals surface area contributed by atoms with Crippen LogP contribution in [0.4, 0.5) is 23.7 Å². The molecule has 0 bridgehead atoms. The van der Waals surface area contributed by atoms with E-state index in [0.717, 1.165) is 17.7 Å². The molecule has 3 aromatic rings. The molecule has 0 spiro atoms. The molecule has 1 N–H and O–H groups in total. The first kappa shape index (κ1) is 19.7. The molecule has 0 unspecified atom stereocenters. The standard InChI is InChI=1S/C20H17F3N4O3/c21-20(22,23)18-25-17(26-30-18)14-5-7-15(8-6-14)29-12-10-24-19(28)27-11-9-13-3-1-2-4-16(13)27/h1-8H,9-12H2,(H,24,28). The van der Waals surface area contributed by atoms with Crippen molar-refractivity contribution in [2.75, 3.05) is 24.6 Å². The van der Waals surface area contributed by atoms with Gasteiger partial charge in [0.05, 0.1) is 6.54 Å². The monoisotopic (exact) mass is 418 g/mol. The van der Waals surface area contributed by atoms with Crippen molar-refractivity contribution in [2.24, 2.45) is 0 Å². The van der Waals surface area contributed by atoms with Gasteiger partial charge >= 0.3 is 18.1 Å². The van der Waals surface area contributed by atoms with E-state index in [1.54, 1.807) is 17.0 Å². The number of para-hydroxylation sites is 1. The topological polar surface area (TPSA) is 80.5 Å². The molecule has 1 aliphatic heterocycles. The molecule has 2 heterocycles. The second kappa shape index (κ2) is 8.05. The lowest BCUT2D eigenvalue weighted by atomic mass is 10.2. The van der Waals surface area contributed by atoms with Crippen LogP contribution in [0.15, 0.2) is 53.1 Å². The number of aromatic nitrogens is 2. The van der Waals surface area contributed by atoms with Crippen molar-refractivity contribution in [1.82, 2.24) is 15.5 Å². The molecule has 4 rings (SSSR count). The van der Waals surface area contributed by atoms with E-state index in [4.69, 9.17) is 4.74 Å². The Hall–Kier alpha value is -3.56. The van der Waals surface area contributed by atoms with Crippen molar-refractivity contribution in [1.29, 1.82) is 0 Å². The summed E-state index contributed by atoms with van der Waals surface area (Å²) in [5.74, 6) is -1.06. The number of urea groups is 1. The molecule has 30 heavy (non-hydrogen) atoms. The van der Waals surface area contributed by atoms with Crippen LogP contribution in [-0.4, -0.2) is 35.9 Å². The van der Waals surface area contributed by atoms with E-state index in [1.165, 1.54) is 12.1 Å². The number of halogens is 3. The highest BCUT2D eigenvalue weighted by Gasteiger charge is 2.38. The Labute approximate surface area is 169 Å². The van der Waals surface area contributed by atoms with Gasteiger partial charge in [-0.1, -0.05) is 23.4 Å². The number of nitrogens with one attached hydrogen (secondary N) is 1. The maximum Gasteiger partial charge on any atom is 0.471 e. The highest BCUT2D eigenvalue weighted by atomic mass is 19.4. The number of hydrogen-bond donors (Lipinski definition) is 1. The lowest BCUT2D eigenvalue weighted by molar-refractivity contribution is -0.159. The highest BCUT2D eigenvalue weighted by molar-refractivity contribution is 5.94. The van der Waals surface area contributed by atoms with Crippen molar-refractivity contribution in [3.8, 4) is 17.1 Å². The van der Waals surface area contributed by atoms with Gasteiger partial charge in [0.25, 0.3) is 0 Å². The molecule has 156 valence electrons. The van der Waals surface area contributed by atoms with Crippen LogP contribution in [0.25, 0.3) is 11.4 Å². The highest BCUT2D eigenvalue weighted by Crippen LogP contribution is 2.30. The molecule has 7 nitrogen and oxygen atoms in total. The minimum absolute atomic E-state index is 0.160. The average Bonchev–Trinajstić information content (AvgIpc) is 3.39. The fourth-order valence-corrected chi connectivity index (χ4v) is 3.13. The first-order chi connectivity index (χ1) is 14.4. The summed E-state index contributed by atoms with van der Waals surface area (Å²) in [7, 11) is 0. The normalized spacial score (nSPS) is 13.2. The van der Waals surface area contributed by atoms with Gasteiger partial charge in [-0.05, 0) is 42.3 Å². The van der Waals surface area contributed by atoms with E-state index < -0.39 is 12.1 Å². The van der Waals surface area contributed by atoms with Crippen molar-refractivity contribution in [3.63, 3.8) is 0 Å². The number of ether oxygens (including phenoxy) is 1. The quantitative estimate of drug-likeness (QED) is 0.636. The number of anilines is 1. The third kappa shape index (κ3) is 4.22. The Morgan fingerprint density at radius 2 is 1.93 bits per heavy atom. The fourth-order valence-electron chi connectivity index (χ4n) is 3.13. The van der Waals surface area contributed by atoms with E-state index in [0.29, 0.717) is 24.4 Å². The van der Waals surface area contributed by atoms with Gasteiger partial charge in [0.2, 0.25) is 5.82 Å². The average molecular weight is 418 g/mol. The summed E-state index contributed by atoms with van der Waals surface area (Å²) in [5, 5.41) is 6.14. The van der Waals surface area contributed by atoms with Crippen LogP contribution >= 0.6 is 0 Å². The first-order valence-electron chi connectivity index (χ1n) is 9.19. The largest absolute Gasteiger partial charge is 0.492 e. The summed E-state index contributed by atoms with van der Waals surface area (Å²) < 4.78 is 47.4. The molecule has 0 atom stereocenters. The molecule has 1 aliphatic rings. The molecule has 0 radical (unpaired) electrons. The van der Waals surface area contributed by atoms with Crippen molar-refractivity contribution < 1.29 is 27.2 Å². The van der Waals surface area contributed by atoms with Gasteiger partial charge in [0, 0.05) is 17.8 Å². The Balaban J connectivity index is 1.26. The second-order valence-electron chi connectivity index (χ2n) is 6.56. The molecular weight excluding hydrogens is 401 g/mol. The number of amides is 2. The third-order valence-corrected chi connectivity index (χ3v) is 4.56. The van der Waals surface area contributed by atoms with E-state index in [9.17, 15) is 18.0 Å². The number of carbonyl (C=O) groups excluding carboxylic acids is 1. The van der Waals surface area contributed by atoms with Crippen LogP contribution in [0.3, 0.4) is 0 Å². The van der Waals surface area contributed by atoms with Crippen LogP contribution in [0, 0.1) is 0 Å². The van der Waals surface area contributed by atoms with Gasteiger partial charge < -0.3 is 14.6 Å². The summed E-state index contributed by atoms with van der Waals surface area (Å²) in [5.41, 5.74) is 2.43. The van der Waals surface area contributed by atoms with Crippen LogP contribution in [0.1, 0.15) is 11.5 Å². The van der Waals surface area contributed by atoms with E-state index in [1.807, 2.05) is 24.3 Å². The summed E-state index contributed by atoms with van der Waals surface area (Å²) in [4.78, 5) is 17.4. The summed E-state index contributed by atoms with van der Waals surface area (Å²) in [6.07, 6.45) is -3.85. The fraction of sp³-hybridized carbons (Fsp3) is 0.250. The Morgan fingerprint density at radius 1 is 1.17 bits per heavy atom. The van der Waals surface area contributed by atoms with Gasteiger partial charge in [-0.25, -0.2) is 4.79 Å². The van der Waals surface area contributed by atoms with Crippen LogP contribution in [-0.2, 0) is 12.6 Å². The molecule has 1 aromatic heterocycles. The predicted molar refractivity (Wildman–Crippen MR) is 101 cm³/mol. The number of hydrogen-bond acceptors (Lipinski definition) is 5. The molecule has 0 saturated heterocycles. The van der Waals surface area contributed by atoms with E-state index in [2.05, 4.69) is 20.0 Å². The predicted octanol–water partition coefficient (Wildman–Crippen LogP) is 3.91. The smallest absolute Gasteiger partial charge is 0.471 e. The molecule has 2 amide bonds. The van der Waals surface area contributed by atoms with Crippen molar-refractivity contribution >= 4 is 11.7 Å². The molecule has 2 aromatic carbocycles. The Morgan fingerprint density at radius 3 is 2.67 bits per heavy atom. The number of fused-ring (bicyclic) bond motifs is 1. The summed E-state index contributed by atoms with van der Waals surface area (Å²) >= 11 is 0. The molecule has 0 fully saturated rings. The lowest BCUT2D eigenvalue weighted by Gasteiger charge is -2.18. The zero-order valence-electron chi connectivity index (χ0n) is 15.6. The summed E-state index contributed by atoms with van der Waals surface area (Å²) in [6, 6.07) is 13.8. The minimum atomic E-state index is -4.68. The van der Waals surface area contributed by atoms with E-state index >= 15 is 0 Å². The summed E-state index contributed by atoms with van der Waals surface area (Å²) in [6.45, 7) is 1.18. The number of carbonyl (C=O) groups is 1. The van der Waals surface area contributed by atoms with Crippen LogP contribution < -0.4 is 15.0 Å². The van der Waals surface area contributed by atoms with Crippen molar-refractivity contribution in [2.45, 2.75) is 12.6 Å². The molecular formula is C20H17F3N4O3.